The van der Waals surface area contributed by atoms with Crippen molar-refractivity contribution in [3.8, 4) is 0 Å². The Morgan fingerprint density at radius 1 is 1.26 bits per heavy atom. The van der Waals surface area contributed by atoms with Crippen molar-refractivity contribution in [2.45, 2.75) is 43.8 Å². The maximum Gasteiger partial charge on any atom is 0.214 e. The largest absolute Gasteiger partial charge is 0.370 e. The third kappa shape index (κ3) is 3.92. The number of rotatable bonds is 6. The molecule has 0 radical (unpaired) electrons. The number of nitrogens with zero attached hydrogens (tertiary/aromatic N) is 4. The first kappa shape index (κ1) is 13.8. The lowest BCUT2D eigenvalue weighted by Gasteiger charge is -2.07. The molecule has 0 aromatic carbocycles. The van der Waals surface area contributed by atoms with Crippen LogP contribution in [0.3, 0.4) is 0 Å². The molecule has 0 unspecified atom stereocenters. The fourth-order valence-electron chi connectivity index (χ4n) is 1.59. The van der Waals surface area contributed by atoms with Gasteiger partial charge in [-0.15, -0.1) is 5.10 Å². The fraction of sp³-hybridized carbons (Fsp3) is 0.500. The molecule has 0 bridgehead atoms. The highest BCUT2D eigenvalue weighted by atomic mass is 32.2. The number of H-pyrrole nitrogens is 1. The van der Waals surface area contributed by atoms with Crippen molar-refractivity contribution < 1.29 is 0 Å². The molecule has 2 aromatic rings. The number of anilines is 1. The molecule has 0 atom stereocenters. The summed E-state index contributed by atoms with van der Waals surface area (Å²) in [6.07, 6.45) is 1.90. The van der Waals surface area contributed by atoms with Crippen LogP contribution in [0.25, 0.3) is 0 Å². The van der Waals surface area contributed by atoms with Crippen LogP contribution in [0.2, 0.25) is 0 Å². The standard InChI is InChI=1S/C12H18N6S/c1-4-6-9-15-10(13-5-2)7-11(16-9)19-12-14-8(3)17-18-12/h7H,4-6H2,1-3H3,(H,13,15,16)(H,14,17,18). The van der Waals surface area contributed by atoms with Gasteiger partial charge in [-0.25, -0.2) is 15.0 Å². The van der Waals surface area contributed by atoms with Crippen molar-refractivity contribution in [1.82, 2.24) is 25.1 Å². The highest BCUT2D eigenvalue weighted by Crippen LogP contribution is 2.24. The third-order valence-corrected chi connectivity index (χ3v) is 3.14. The van der Waals surface area contributed by atoms with Gasteiger partial charge in [-0.3, -0.25) is 5.10 Å². The van der Waals surface area contributed by atoms with Gasteiger partial charge in [0.15, 0.2) is 0 Å². The van der Waals surface area contributed by atoms with Gasteiger partial charge in [-0.1, -0.05) is 6.92 Å². The molecule has 0 spiro atoms. The molecular formula is C12H18N6S. The Morgan fingerprint density at radius 2 is 2.11 bits per heavy atom. The van der Waals surface area contributed by atoms with Crippen LogP contribution in [0, 0.1) is 6.92 Å². The molecule has 0 aliphatic rings. The Morgan fingerprint density at radius 3 is 2.74 bits per heavy atom. The molecule has 0 amide bonds. The predicted octanol–water partition coefficient (Wildman–Crippen LogP) is 2.44. The maximum absolute atomic E-state index is 4.53. The van der Waals surface area contributed by atoms with Gasteiger partial charge in [0, 0.05) is 19.0 Å². The van der Waals surface area contributed by atoms with Crippen LogP contribution in [-0.2, 0) is 6.42 Å². The molecule has 2 heterocycles. The Balaban J connectivity index is 2.22. The van der Waals surface area contributed by atoms with Gasteiger partial charge < -0.3 is 5.32 Å². The molecule has 6 nitrogen and oxygen atoms in total. The number of nitrogens with one attached hydrogen (secondary N) is 2. The number of aryl methyl sites for hydroxylation is 2. The first-order valence-electron chi connectivity index (χ1n) is 6.40. The average Bonchev–Trinajstić information content (AvgIpc) is 2.75. The van der Waals surface area contributed by atoms with E-state index in [1.165, 1.54) is 11.8 Å². The lowest BCUT2D eigenvalue weighted by Crippen LogP contribution is -2.04. The van der Waals surface area contributed by atoms with Crippen LogP contribution in [-0.4, -0.2) is 31.7 Å². The Bertz CT molecular complexity index is 515. The summed E-state index contributed by atoms with van der Waals surface area (Å²) in [7, 11) is 0. The lowest BCUT2D eigenvalue weighted by molar-refractivity contribution is 0.809. The van der Waals surface area contributed by atoms with Gasteiger partial charge in [-0.2, -0.15) is 0 Å². The van der Waals surface area contributed by atoms with E-state index in [9.17, 15) is 0 Å². The third-order valence-electron chi connectivity index (χ3n) is 2.35. The van der Waals surface area contributed by atoms with E-state index in [0.29, 0.717) is 5.16 Å². The lowest BCUT2D eigenvalue weighted by atomic mass is 10.3. The van der Waals surface area contributed by atoms with E-state index in [1.54, 1.807) is 0 Å². The van der Waals surface area contributed by atoms with Crippen LogP contribution in [0.1, 0.15) is 31.9 Å². The number of aromatic amines is 1. The maximum atomic E-state index is 4.53. The summed E-state index contributed by atoms with van der Waals surface area (Å²) < 4.78 is 0. The second-order valence-corrected chi connectivity index (χ2v) is 5.08. The van der Waals surface area contributed by atoms with Crippen molar-refractivity contribution in [3.63, 3.8) is 0 Å². The van der Waals surface area contributed by atoms with E-state index < -0.39 is 0 Å². The Hall–Kier alpha value is -1.63. The smallest absolute Gasteiger partial charge is 0.214 e. The zero-order valence-electron chi connectivity index (χ0n) is 11.4. The molecular weight excluding hydrogens is 260 g/mol. The van der Waals surface area contributed by atoms with E-state index in [4.69, 9.17) is 0 Å². The number of hydrogen-bond donors (Lipinski definition) is 2. The van der Waals surface area contributed by atoms with Gasteiger partial charge >= 0.3 is 0 Å². The average molecular weight is 278 g/mol. The van der Waals surface area contributed by atoms with E-state index in [1.807, 2.05) is 19.9 Å². The minimum Gasteiger partial charge on any atom is -0.370 e. The molecule has 2 aromatic heterocycles. The van der Waals surface area contributed by atoms with Gasteiger partial charge in [0.05, 0.1) is 0 Å². The van der Waals surface area contributed by atoms with Crippen molar-refractivity contribution in [2.75, 3.05) is 11.9 Å². The minimum absolute atomic E-state index is 0.682. The summed E-state index contributed by atoms with van der Waals surface area (Å²) in [6, 6.07) is 1.93. The Labute approximate surface area is 116 Å². The molecule has 0 aliphatic heterocycles. The SMILES string of the molecule is CCCc1nc(NCC)cc(Sc2n[nH]c(C)n2)n1. The van der Waals surface area contributed by atoms with Crippen molar-refractivity contribution in [2.24, 2.45) is 0 Å². The van der Waals surface area contributed by atoms with Crippen molar-refractivity contribution in [1.29, 1.82) is 0 Å². The van der Waals surface area contributed by atoms with Crippen LogP contribution in [0.15, 0.2) is 16.2 Å². The van der Waals surface area contributed by atoms with Gasteiger partial charge in [0.2, 0.25) is 5.16 Å². The second-order valence-electron chi connectivity index (χ2n) is 4.09. The summed E-state index contributed by atoms with van der Waals surface area (Å²) in [5, 5.41) is 11.7. The molecule has 7 heteroatoms. The zero-order chi connectivity index (χ0) is 13.7. The highest BCUT2D eigenvalue weighted by molar-refractivity contribution is 7.99. The van der Waals surface area contributed by atoms with Crippen molar-refractivity contribution >= 4 is 17.6 Å². The van der Waals surface area contributed by atoms with Gasteiger partial charge in [-0.05, 0) is 32.0 Å². The van der Waals surface area contributed by atoms with E-state index >= 15 is 0 Å². The summed E-state index contributed by atoms with van der Waals surface area (Å²) in [5.41, 5.74) is 0. The summed E-state index contributed by atoms with van der Waals surface area (Å²) in [6.45, 7) is 6.89. The molecule has 102 valence electrons. The van der Waals surface area contributed by atoms with E-state index in [2.05, 4.69) is 37.4 Å². The molecule has 0 fully saturated rings. The molecule has 0 saturated carbocycles. The van der Waals surface area contributed by atoms with Crippen molar-refractivity contribution in [3.05, 3.63) is 17.7 Å². The van der Waals surface area contributed by atoms with E-state index in [-0.39, 0.29) is 0 Å². The van der Waals surface area contributed by atoms with Crippen LogP contribution >= 0.6 is 11.8 Å². The highest BCUT2D eigenvalue weighted by Gasteiger charge is 2.08. The summed E-state index contributed by atoms with van der Waals surface area (Å²) in [4.78, 5) is 13.3. The normalized spacial score (nSPS) is 10.7. The molecule has 2 N–H and O–H groups in total. The number of aromatic nitrogens is 5. The monoisotopic (exact) mass is 278 g/mol. The van der Waals surface area contributed by atoms with Gasteiger partial charge in [0.25, 0.3) is 0 Å². The minimum atomic E-state index is 0.682. The van der Waals surface area contributed by atoms with Crippen LogP contribution in [0.4, 0.5) is 5.82 Å². The van der Waals surface area contributed by atoms with E-state index in [0.717, 1.165) is 41.9 Å². The predicted molar refractivity (Wildman–Crippen MR) is 75.4 cm³/mol. The second kappa shape index (κ2) is 6.51. The number of hydrogen-bond acceptors (Lipinski definition) is 6. The molecule has 2 rings (SSSR count). The van der Waals surface area contributed by atoms with Crippen LogP contribution < -0.4 is 5.32 Å². The summed E-state index contributed by atoms with van der Waals surface area (Å²) >= 11 is 1.44. The fourth-order valence-corrected chi connectivity index (χ4v) is 2.38. The first-order chi connectivity index (χ1) is 9.21. The summed E-state index contributed by atoms with van der Waals surface area (Å²) in [5.74, 6) is 2.52. The zero-order valence-corrected chi connectivity index (χ0v) is 12.2. The quantitative estimate of drug-likeness (QED) is 0.790. The Kier molecular flexibility index (Phi) is 4.73. The van der Waals surface area contributed by atoms with Crippen LogP contribution in [0.5, 0.6) is 0 Å². The molecule has 19 heavy (non-hydrogen) atoms. The molecule has 0 saturated heterocycles. The first-order valence-corrected chi connectivity index (χ1v) is 7.21. The molecule has 0 aliphatic carbocycles. The topological polar surface area (TPSA) is 79.4 Å². The van der Waals surface area contributed by atoms with Gasteiger partial charge in [0.1, 0.15) is 22.5 Å².